The highest BCUT2D eigenvalue weighted by molar-refractivity contribution is 5.35. The minimum absolute atomic E-state index is 0.0530. The molecule has 0 spiro atoms. The number of hydrogen-bond donors (Lipinski definition) is 0. The van der Waals surface area contributed by atoms with Gasteiger partial charge in [-0.3, -0.25) is 0 Å². The van der Waals surface area contributed by atoms with E-state index in [1.807, 2.05) is 0 Å². The van der Waals surface area contributed by atoms with E-state index < -0.39 is 12.9 Å². The van der Waals surface area contributed by atoms with Gasteiger partial charge in [-0.15, -0.1) is 5.10 Å². The topological polar surface area (TPSA) is 65.7 Å². The van der Waals surface area contributed by atoms with Crippen molar-refractivity contribution in [3.8, 4) is 11.7 Å². The van der Waals surface area contributed by atoms with Crippen LogP contribution in [0, 0.1) is 0 Å². The first kappa shape index (κ1) is 16.8. The zero-order valence-corrected chi connectivity index (χ0v) is 12.6. The molecule has 0 saturated heterocycles. The van der Waals surface area contributed by atoms with Gasteiger partial charge in [0.05, 0.1) is 17.4 Å². The van der Waals surface area contributed by atoms with Crippen molar-refractivity contribution in [2.75, 3.05) is 0 Å². The van der Waals surface area contributed by atoms with Crippen molar-refractivity contribution in [3.63, 3.8) is 0 Å². The van der Waals surface area contributed by atoms with E-state index in [0.29, 0.717) is 11.4 Å². The van der Waals surface area contributed by atoms with Gasteiger partial charge in [-0.2, -0.15) is 0 Å². The second-order valence-corrected chi connectivity index (χ2v) is 4.94. The molecule has 0 radical (unpaired) electrons. The molecular weight excluding hydrogens is 342 g/mol. The van der Waals surface area contributed by atoms with Gasteiger partial charge in [0.25, 0.3) is 12.9 Å². The third kappa shape index (κ3) is 4.08. The van der Waals surface area contributed by atoms with Gasteiger partial charge in [0.15, 0.2) is 0 Å². The number of halogens is 4. The van der Waals surface area contributed by atoms with Gasteiger partial charge in [-0.05, 0) is 12.1 Å². The van der Waals surface area contributed by atoms with Crippen molar-refractivity contribution < 1.29 is 22.3 Å². The fraction of sp³-hybridized carbons (Fsp3) is 0.200. The SMILES string of the molecule is FC(F)c1cnc(OCc2cn(-c3cccc(C(F)F)c3)nn2)nc1. The van der Waals surface area contributed by atoms with Gasteiger partial charge < -0.3 is 4.74 Å². The summed E-state index contributed by atoms with van der Waals surface area (Å²) in [4.78, 5) is 7.32. The predicted molar refractivity (Wildman–Crippen MR) is 77.6 cm³/mol. The summed E-state index contributed by atoms with van der Waals surface area (Å²) >= 11 is 0. The van der Waals surface area contributed by atoms with Crippen molar-refractivity contribution in [1.82, 2.24) is 25.0 Å². The zero-order chi connectivity index (χ0) is 17.8. The summed E-state index contributed by atoms with van der Waals surface area (Å²) in [5.74, 6) is 0. The van der Waals surface area contributed by atoms with Crippen molar-refractivity contribution in [2.45, 2.75) is 19.5 Å². The lowest BCUT2D eigenvalue weighted by atomic mass is 10.2. The molecule has 0 N–H and O–H groups in total. The molecule has 2 heterocycles. The van der Waals surface area contributed by atoms with Crippen molar-refractivity contribution in [3.05, 3.63) is 59.7 Å². The highest BCUT2D eigenvalue weighted by atomic mass is 19.3. The molecule has 0 fully saturated rings. The predicted octanol–water partition coefficient (Wildman–Crippen LogP) is 3.51. The van der Waals surface area contributed by atoms with Gasteiger partial charge in [-0.1, -0.05) is 17.3 Å². The Morgan fingerprint density at radius 1 is 1.00 bits per heavy atom. The van der Waals surface area contributed by atoms with Crippen LogP contribution in [-0.4, -0.2) is 25.0 Å². The standard InChI is InChI=1S/C15H11F4N5O/c16-13(17)9-2-1-3-12(4-9)24-7-11(22-23-24)8-25-15-20-5-10(6-21-15)14(18)19/h1-7,13-14H,8H2. The Hall–Kier alpha value is -3.04. The first-order valence-corrected chi connectivity index (χ1v) is 7.05. The highest BCUT2D eigenvalue weighted by Crippen LogP contribution is 2.21. The number of ether oxygens (including phenoxy) is 1. The third-order valence-electron chi connectivity index (χ3n) is 3.18. The van der Waals surface area contributed by atoms with Crippen LogP contribution in [0.15, 0.2) is 42.9 Å². The summed E-state index contributed by atoms with van der Waals surface area (Å²) in [6.07, 6.45) is -1.80. The maximum absolute atomic E-state index is 12.7. The Balaban J connectivity index is 1.66. The van der Waals surface area contributed by atoms with E-state index >= 15 is 0 Å². The number of rotatable bonds is 6. The van der Waals surface area contributed by atoms with E-state index in [2.05, 4.69) is 20.3 Å². The molecule has 130 valence electrons. The largest absolute Gasteiger partial charge is 0.457 e. The lowest BCUT2D eigenvalue weighted by Crippen LogP contribution is -2.00. The van der Waals surface area contributed by atoms with Gasteiger partial charge in [0.1, 0.15) is 12.3 Å². The number of benzene rings is 1. The minimum Gasteiger partial charge on any atom is -0.457 e. The van der Waals surface area contributed by atoms with Crippen LogP contribution in [0.4, 0.5) is 17.6 Å². The molecule has 0 saturated carbocycles. The summed E-state index contributed by atoms with van der Waals surface area (Å²) in [7, 11) is 0. The van der Waals surface area contributed by atoms with Crippen LogP contribution in [0.25, 0.3) is 5.69 Å². The van der Waals surface area contributed by atoms with E-state index in [4.69, 9.17) is 4.74 Å². The van der Waals surface area contributed by atoms with E-state index in [0.717, 1.165) is 12.4 Å². The Morgan fingerprint density at radius 3 is 2.40 bits per heavy atom. The van der Waals surface area contributed by atoms with Gasteiger partial charge >= 0.3 is 6.01 Å². The summed E-state index contributed by atoms with van der Waals surface area (Å²) < 4.78 is 56.8. The first-order valence-electron chi connectivity index (χ1n) is 7.05. The van der Waals surface area contributed by atoms with Crippen LogP contribution in [0.1, 0.15) is 29.7 Å². The molecule has 0 aliphatic carbocycles. The highest BCUT2D eigenvalue weighted by Gasteiger charge is 2.11. The van der Waals surface area contributed by atoms with E-state index in [9.17, 15) is 17.6 Å². The summed E-state index contributed by atoms with van der Waals surface area (Å²) in [5.41, 5.74) is 0.383. The van der Waals surface area contributed by atoms with Gasteiger partial charge in [-0.25, -0.2) is 32.2 Å². The molecular formula is C15H11F4N5O. The molecule has 2 aromatic heterocycles. The fourth-order valence-electron chi connectivity index (χ4n) is 1.95. The van der Waals surface area contributed by atoms with Gasteiger partial charge in [0.2, 0.25) is 0 Å². The molecule has 6 nitrogen and oxygen atoms in total. The number of nitrogens with zero attached hydrogens (tertiary/aromatic N) is 5. The first-order chi connectivity index (χ1) is 12.0. The lowest BCUT2D eigenvalue weighted by molar-refractivity contribution is 0.149. The van der Waals surface area contributed by atoms with Crippen LogP contribution >= 0.6 is 0 Å². The van der Waals surface area contributed by atoms with Crippen LogP contribution in [0.5, 0.6) is 6.01 Å². The van der Waals surface area contributed by atoms with Crippen LogP contribution < -0.4 is 4.74 Å². The number of aromatic nitrogens is 5. The molecule has 0 aliphatic heterocycles. The quantitative estimate of drug-likeness (QED) is 0.635. The smallest absolute Gasteiger partial charge is 0.316 e. The molecule has 0 unspecified atom stereocenters. The zero-order valence-electron chi connectivity index (χ0n) is 12.6. The third-order valence-corrected chi connectivity index (χ3v) is 3.18. The molecule has 3 aromatic rings. The van der Waals surface area contributed by atoms with E-state index in [1.54, 1.807) is 6.07 Å². The molecule has 25 heavy (non-hydrogen) atoms. The maximum atomic E-state index is 12.7. The molecule has 0 atom stereocenters. The molecule has 10 heteroatoms. The fourth-order valence-corrected chi connectivity index (χ4v) is 1.95. The Bertz CT molecular complexity index is 838. The van der Waals surface area contributed by atoms with Crippen LogP contribution in [0.3, 0.4) is 0 Å². The summed E-state index contributed by atoms with van der Waals surface area (Å²) in [5, 5.41) is 7.69. The summed E-state index contributed by atoms with van der Waals surface area (Å²) in [6.45, 7) is -0.0530. The molecule has 0 bridgehead atoms. The molecule has 1 aromatic carbocycles. The molecule has 0 aliphatic rings. The number of hydrogen-bond acceptors (Lipinski definition) is 5. The van der Waals surface area contributed by atoms with E-state index in [1.165, 1.54) is 29.1 Å². The van der Waals surface area contributed by atoms with Crippen molar-refractivity contribution >= 4 is 0 Å². The Kier molecular flexibility index (Phi) is 4.87. The summed E-state index contributed by atoms with van der Waals surface area (Å²) in [6, 6.07) is 5.63. The maximum Gasteiger partial charge on any atom is 0.316 e. The minimum atomic E-state index is -2.65. The van der Waals surface area contributed by atoms with Crippen molar-refractivity contribution in [2.24, 2.45) is 0 Å². The second kappa shape index (κ2) is 7.24. The van der Waals surface area contributed by atoms with Gasteiger partial charge in [0, 0.05) is 18.0 Å². The van der Waals surface area contributed by atoms with Crippen LogP contribution in [0.2, 0.25) is 0 Å². The lowest BCUT2D eigenvalue weighted by Gasteiger charge is -2.04. The van der Waals surface area contributed by atoms with Crippen molar-refractivity contribution in [1.29, 1.82) is 0 Å². The normalized spacial score (nSPS) is 11.3. The van der Waals surface area contributed by atoms with Crippen LogP contribution in [-0.2, 0) is 6.61 Å². The average Bonchev–Trinajstić information content (AvgIpc) is 3.09. The number of alkyl halides is 4. The van der Waals surface area contributed by atoms with E-state index in [-0.39, 0.29) is 23.7 Å². The monoisotopic (exact) mass is 353 g/mol. The molecule has 0 amide bonds. The Morgan fingerprint density at radius 2 is 1.72 bits per heavy atom. The second-order valence-electron chi connectivity index (χ2n) is 4.94. The average molecular weight is 353 g/mol. The molecule has 3 rings (SSSR count). The Labute approximate surface area is 139 Å².